The zero-order valence-corrected chi connectivity index (χ0v) is 17.0. The molecule has 0 N–H and O–H groups in total. The van der Waals surface area contributed by atoms with Crippen LogP contribution in [0.15, 0.2) is 4.79 Å². The second-order valence-electron chi connectivity index (χ2n) is 7.74. The summed E-state index contributed by atoms with van der Waals surface area (Å²) in [5.74, 6) is 0.422. The van der Waals surface area contributed by atoms with Crippen molar-refractivity contribution in [1.29, 1.82) is 0 Å². The summed E-state index contributed by atoms with van der Waals surface area (Å²) in [6.45, 7) is 9.80. The van der Waals surface area contributed by atoms with Crippen LogP contribution >= 0.6 is 11.3 Å². The van der Waals surface area contributed by atoms with E-state index >= 15 is 0 Å². The number of hydrogen-bond acceptors (Lipinski definition) is 5. The number of carbonyl (C=O) groups excluding carboxylic acids is 2. The molecule has 1 aliphatic heterocycles. The second kappa shape index (κ2) is 6.30. The quantitative estimate of drug-likeness (QED) is 0.774. The number of piperidine rings is 1. The van der Waals surface area contributed by atoms with Gasteiger partial charge in [-0.1, -0.05) is 13.8 Å². The fourth-order valence-corrected chi connectivity index (χ4v) is 4.88. The first-order valence-electron chi connectivity index (χ1n) is 8.91. The molecule has 2 amide bonds. The van der Waals surface area contributed by atoms with E-state index in [-0.39, 0.29) is 23.8 Å². The number of carbonyl (C=O) groups is 2. The van der Waals surface area contributed by atoms with E-state index in [2.05, 4.69) is 13.8 Å². The summed E-state index contributed by atoms with van der Waals surface area (Å²) in [6, 6.07) is 0. The molecule has 26 heavy (non-hydrogen) atoms. The molecule has 2 aromatic rings. The van der Waals surface area contributed by atoms with Crippen molar-refractivity contribution in [3.63, 3.8) is 0 Å². The van der Waals surface area contributed by atoms with E-state index in [9.17, 15) is 14.4 Å². The number of amides is 2. The molecular weight excluding hydrogens is 350 g/mol. The number of imide groups is 1. The minimum atomic E-state index is -1.08. The monoisotopic (exact) mass is 375 g/mol. The second-order valence-corrected chi connectivity index (χ2v) is 8.97. The van der Waals surface area contributed by atoms with Gasteiger partial charge in [0.1, 0.15) is 16.1 Å². The van der Waals surface area contributed by atoms with Crippen LogP contribution in [0.1, 0.15) is 49.9 Å². The van der Waals surface area contributed by atoms with Crippen LogP contribution in [-0.2, 0) is 21.5 Å². The van der Waals surface area contributed by atoms with Crippen molar-refractivity contribution in [2.24, 2.45) is 5.92 Å². The lowest BCUT2D eigenvalue weighted by molar-refractivity contribution is -0.154. The van der Waals surface area contributed by atoms with E-state index in [0.29, 0.717) is 22.9 Å². The molecule has 0 aliphatic carbocycles. The van der Waals surface area contributed by atoms with Gasteiger partial charge >= 0.3 is 0 Å². The van der Waals surface area contributed by atoms with Gasteiger partial charge in [0.25, 0.3) is 11.5 Å². The van der Waals surface area contributed by atoms with Crippen molar-refractivity contribution in [2.75, 3.05) is 7.05 Å². The minimum absolute atomic E-state index is 0.186. The lowest BCUT2D eigenvalue weighted by Crippen LogP contribution is -2.57. The number of hydrogen-bond donors (Lipinski definition) is 0. The van der Waals surface area contributed by atoms with Crippen molar-refractivity contribution in [2.45, 2.75) is 59.4 Å². The topological polar surface area (TPSA) is 72.3 Å². The van der Waals surface area contributed by atoms with Crippen LogP contribution in [0.2, 0.25) is 0 Å². The Morgan fingerprint density at radius 2 is 1.88 bits per heavy atom. The Bertz CT molecular complexity index is 973. The highest BCUT2D eigenvalue weighted by molar-refractivity contribution is 7.19. The summed E-state index contributed by atoms with van der Waals surface area (Å²) >= 11 is 1.45. The zero-order valence-electron chi connectivity index (χ0n) is 16.2. The van der Waals surface area contributed by atoms with Crippen molar-refractivity contribution in [3.05, 3.63) is 26.6 Å². The zero-order chi connectivity index (χ0) is 19.4. The largest absolute Gasteiger partial charge is 0.284 e. The van der Waals surface area contributed by atoms with E-state index in [0.717, 1.165) is 27.3 Å². The van der Waals surface area contributed by atoms with Crippen LogP contribution < -0.4 is 5.56 Å². The van der Waals surface area contributed by atoms with E-state index in [1.807, 2.05) is 6.92 Å². The molecule has 0 radical (unpaired) electrons. The molecule has 1 saturated heterocycles. The normalized spacial score (nSPS) is 21.3. The molecule has 2 aromatic heterocycles. The Kier molecular flexibility index (Phi) is 4.55. The fraction of sp³-hybridized carbons (Fsp3) is 0.579. The van der Waals surface area contributed by atoms with E-state index in [4.69, 9.17) is 4.98 Å². The molecule has 0 aromatic carbocycles. The Balaban J connectivity index is 2.24. The molecule has 140 valence electrons. The van der Waals surface area contributed by atoms with Crippen molar-refractivity contribution in [3.8, 4) is 0 Å². The number of likely N-dealkylation sites (tertiary alicyclic amines) is 1. The minimum Gasteiger partial charge on any atom is -0.284 e. The Morgan fingerprint density at radius 1 is 1.23 bits per heavy atom. The molecule has 1 atom stereocenters. The molecular formula is C19H25N3O3S. The molecule has 0 saturated carbocycles. The summed E-state index contributed by atoms with van der Waals surface area (Å²) < 4.78 is 2.09. The van der Waals surface area contributed by atoms with Crippen LogP contribution in [-0.4, -0.2) is 33.3 Å². The average molecular weight is 375 g/mol. The van der Waals surface area contributed by atoms with Gasteiger partial charge < -0.3 is 0 Å². The number of likely N-dealkylation sites (N-methyl/N-ethyl adjacent to an activating group) is 1. The van der Waals surface area contributed by atoms with Gasteiger partial charge in [0, 0.05) is 18.3 Å². The first kappa shape index (κ1) is 18.8. The summed E-state index contributed by atoms with van der Waals surface area (Å²) in [5, 5.41) is 0. The number of nitrogens with zero attached hydrogens (tertiary/aromatic N) is 3. The molecule has 6 nitrogen and oxygen atoms in total. The third kappa shape index (κ3) is 2.69. The Hall–Kier alpha value is -2.02. The number of aryl methyl sites for hydroxylation is 2. The van der Waals surface area contributed by atoms with Crippen LogP contribution in [0.4, 0.5) is 0 Å². The molecule has 1 unspecified atom stereocenters. The Labute approximate surface area is 156 Å². The summed E-state index contributed by atoms with van der Waals surface area (Å²) in [4.78, 5) is 45.0. The molecule has 1 fully saturated rings. The molecule has 1 aliphatic rings. The van der Waals surface area contributed by atoms with Gasteiger partial charge in [-0.3, -0.25) is 23.9 Å². The van der Waals surface area contributed by atoms with Gasteiger partial charge in [-0.25, -0.2) is 4.98 Å². The van der Waals surface area contributed by atoms with Crippen molar-refractivity contribution >= 4 is 33.4 Å². The van der Waals surface area contributed by atoms with Gasteiger partial charge in [-0.2, -0.15) is 0 Å². The van der Waals surface area contributed by atoms with Crippen LogP contribution in [0.5, 0.6) is 0 Å². The lowest BCUT2D eigenvalue weighted by atomic mass is 9.89. The van der Waals surface area contributed by atoms with E-state index < -0.39 is 5.54 Å². The average Bonchev–Trinajstić information content (AvgIpc) is 2.86. The fourth-order valence-electron chi connectivity index (χ4n) is 3.83. The summed E-state index contributed by atoms with van der Waals surface area (Å²) in [5.41, 5.74) is 0.617. The van der Waals surface area contributed by atoms with Crippen molar-refractivity contribution < 1.29 is 9.59 Å². The van der Waals surface area contributed by atoms with Gasteiger partial charge in [-0.15, -0.1) is 11.3 Å². The third-order valence-electron chi connectivity index (χ3n) is 5.25. The number of aromatic nitrogens is 2. The first-order chi connectivity index (χ1) is 12.1. The van der Waals surface area contributed by atoms with E-state index in [1.165, 1.54) is 23.0 Å². The smallest absolute Gasteiger partial charge is 0.272 e. The molecule has 0 bridgehead atoms. The number of rotatable bonds is 3. The summed E-state index contributed by atoms with van der Waals surface area (Å²) in [7, 11) is 1.48. The van der Waals surface area contributed by atoms with Crippen LogP contribution in [0.3, 0.4) is 0 Å². The maximum atomic E-state index is 13.3. The molecule has 3 heterocycles. The maximum Gasteiger partial charge on any atom is 0.272 e. The predicted octanol–water partition coefficient (Wildman–Crippen LogP) is 2.77. The molecule has 7 heteroatoms. The van der Waals surface area contributed by atoms with Crippen LogP contribution in [0.25, 0.3) is 10.2 Å². The van der Waals surface area contributed by atoms with Gasteiger partial charge in [0.15, 0.2) is 0 Å². The SMILES string of the molecule is Cc1sc2c(=O)n(C3(C)CCC(=O)N(C)C3=O)c(C)nc2c1CC(C)C. The van der Waals surface area contributed by atoms with Crippen molar-refractivity contribution in [1.82, 2.24) is 14.5 Å². The Morgan fingerprint density at radius 3 is 2.50 bits per heavy atom. The highest BCUT2D eigenvalue weighted by Crippen LogP contribution is 2.33. The van der Waals surface area contributed by atoms with E-state index in [1.54, 1.807) is 13.8 Å². The molecule has 3 rings (SSSR count). The summed E-state index contributed by atoms with van der Waals surface area (Å²) in [6.07, 6.45) is 1.42. The van der Waals surface area contributed by atoms with Gasteiger partial charge in [0.05, 0.1) is 5.52 Å². The first-order valence-corrected chi connectivity index (χ1v) is 9.72. The highest BCUT2D eigenvalue weighted by atomic mass is 32.1. The standard InChI is InChI=1S/C19H25N3O3S/c1-10(2)9-13-11(3)26-16-15(13)20-12(4)22(17(16)24)19(5)8-7-14(23)21(6)18(19)25/h10H,7-9H2,1-6H3. The lowest BCUT2D eigenvalue weighted by Gasteiger charge is -2.38. The predicted molar refractivity (Wildman–Crippen MR) is 103 cm³/mol. The number of thiophene rings is 1. The van der Waals surface area contributed by atoms with Gasteiger partial charge in [-0.05, 0) is 45.1 Å². The number of fused-ring (bicyclic) bond motifs is 1. The van der Waals surface area contributed by atoms with Crippen LogP contribution in [0, 0.1) is 19.8 Å². The maximum absolute atomic E-state index is 13.3. The third-order valence-corrected chi connectivity index (χ3v) is 6.37. The molecule has 0 spiro atoms. The van der Waals surface area contributed by atoms with Gasteiger partial charge in [0.2, 0.25) is 5.91 Å². The highest BCUT2D eigenvalue weighted by Gasteiger charge is 2.45.